The van der Waals surface area contributed by atoms with Crippen LogP contribution in [0.15, 0.2) is 16.9 Å². The number of piperidine rings is 1. The van der Waals surface area contributed by atoms with E-state index < -0.39 is 4.92 Å². The van der Waals surface area contributed by atoms with Gasteiger partial charge >= 0.3 is 5.69 Å². The highest BCUT2D eigenvalue weighted by molar-refractivity contribution is 5.85. The summed E-state index contributed by atoms with van der Waals surface area (Å²) in [6, 6.07) is 3.12. The van der Waals surface area contributed by atoms with Crippen LogP contribution in [0.3, 0.4) is 0 Å². The van der Waals surface area contributed by atoms with E-state index in [4.69, 9.17) is 0 Å². The molecular formula is C12H14N4O3. The number of nitro groups is 1. The van der Waals surface area contributed by atoms with E-state index in [1.807, 2.05) is 4.90 Å². The predicted octanol–water partition coefficient (Wildman–Crippen LogP) is 1.75. The molecule has 1 fully saturated rings. The molecule has 0 saturated carbocycles. The zero-order valence-electron chi connectivity index (χ0n) is 10.3. The minimum absolute atomic E-state index is 0.0460. The molecule has 1 aliphatic rings. The molecule has 0 unspecified atom stereocenters. The van der Waals surface area contributed by atoms with Gasteiger partial charge in [-0.15, -0.1) is 0 Å². The van der Waals surface area contributed by atoms with E-state index in [2.05, 4.69) is 9.97 Å². The van der Waals surface area contributed by atoms with Crippen molar-refractivity contribution >= 4 is 22.4 Å². The fraction of sp³-hybridized carbons (Fsp3) is 0.417. The van der Waals surface area contributed by atoms with Crippen LogP contribution in [0.1, 0.15) is 19.3 Å². The summed E-state index contributed by atoms with van der Waals surface area (Å²) >= 11 is 0. The van der Waals surface area contributed by atoms with Gasteiger partial charge in [-0.3, -0.25) is 10.1 Å². The largest absolute Gasteiger partial charge is 0.366 e. The van der Waals surface area contributed by atoms with E-state index in [0.29, 0.717) is 16.7 Å². The number of imidazole rings is 1. The number of nitro benzene ring substituents is 1. The van der Waals surface area contributed by atoms with Crippen molar-refractivity contribution in [2.45, 2.75) is 19.3 Å². The topological polar surface area (TPSA) is 95.0 Å². The Kier molecular flexibility index (Phi) is 2.73. The Morgan fingerprint density at radius 2 is 1.74 bits per heavy atom. The van der Waals surface area contributed by atoms with Crippen molar-refractivity contribution in [3.63, 3.8) is 0 Å². The summed E-state index contributed by atoms with van der Waals surface area (Å²) in [4.78, 5) is 29.3. The lowest BCUT2D eigenvalue weighted by atomic mass is 10.1. The molecule has 1 aliphatic heterocycles. The second-order valence-corrected chi connectivity index (χ2v) is 4.77. The Labute approximate surface area is 108 Å². The van der Waals surface area contributed by atoms with Gasteiger partial charge in [-0.2, -0.15) is 0 Å². The van der Waals surface area contributed by atoms with Crippen molar-refractivity contribution in [1.82, 2.24) is 9.97 Å². The van der Waals surface area contributed by atoms with Crippen molar-refractivity contribution in [3.05, 3.63) is 32.7 Å². The van der Waals surface area contributed by atoms with Crippen LogP contribution in [0.25, 0.3) is 11.0 Å². The van der Waals surface area contributed by atoms with Crippen molar-refractivity contribution in [2.24, 2.45) is 0 Å². The number of aromatic amines is 2. The molecule has 0 radical (unpaired) electrons. The van der Waals surface area contributed by atoms with Crippen LogP contribution in [0.5, 0.6) is 0 Å². The van der Waals surface area contributed by atoms with E-state index in [9.17, 15) is 14.9 Å². The average Bonchev–Trinajstić information content (AvgIpc) is 2.77. The molecule has 3 rings (SSSR count). The molecule has 0 bridgehead atoms. The SMILES string of the molecule is O=c1[nH]c2cc(N3CCCCC3)c([N+](=O)[O-])cc2[nH]1. The second-order valence-electron chi connectivity index (χ2n) is 4.77. The summed E-state index contributed by atoms with van der Waals surface area (Å²) < 4.78 is 0. The predicted molar refractivity (Wildman–Crippen MR) is 71.6 cm³/mol. The number of nitrogens with one attached hydrogen (secondary N) is 2. The van der Waals surface area contributed by atoms with Crippen LogP contribution in [-0.4, -0.2) is 28.0 Å². The highest BCUT2D eigenvalue weighted by Gasteiger charge is 2.22. The number of hydrogen-bond donors (Lipinski definition) is 2. The molecular weight excluding hydrogens is 248 g/mol. The maximum atomic E-state index is 11.3. The highest BCUT2D eigenvalue weighted by atomic mass is 16.6. The van der Waals surface area contributed by atoms with E-state index in [1.165, 1.54) is 6.07 Å². The fourth-order valence-electron chi connectivity index (χ4n) is 2.59. The number of anilines is 1. The van der Waals surface area contributed by atoms with Crippen LogP contribution in [-0.2, 0) is 0 Å². The maximum absolute atomic E-state index is 11.3. The molecule has 2 heterocycles. The molecule has 1 aromatic carbocycles. The number of fused-ring (bicyclic) bond motifs is 1. The minimum atomic E-state index is -0.394. The van der Waals surface area contributed by atoms with Gasteiger partial charge in [0.1, 0.15) is 5.69 Å². The summed E-state index contributed by atoms with van der Waals surface area (Å²) in [7, 11) is 0. The monoisotopic (exact) mass is 262 g/mol. The first-order chi connectivity index (χ1) is 9.15. The third-order valence-electron chi connectivity index (χ3n) is 3.50. The molecule has 0 atom stereocenters. The second kappa shape index (κ2) is 4.42. The first-order valence-corrected chi connectivity index (χ1v) is 6.30. The van der Waals surface area contributed by atoms with Crippen molar-refractivity contribution in [3.8, 4) is 0 Å². The molecule has 0 spiro atoms. The van der Waals surface area contributed by atoms with Gasteiger partial charge in [-0.25, -0.2) is 4.79 Å². The van der Waals surface area contributed by atoms with Gasteiger partial charge < -0.3 is 14.9 Å². The lowest BCUT2D eigenvalue weighted by Gasteiger charge is -2.28. The minimum Gasteiger partial charge on any atom is -0.366 e. The number of hydrogen-bond acceptors (Lipinski definition) is 4. The Hall–Kier alpha value is -2.31. The van der Waals surface area contributed by atoms with E-state index in [-0.39, 0.29) is 11.4 Å². The molecule has 7 nitrogen and oxygen atoms in total. The Balaban J connectivity index is 2.16. The molecule has 1 aromatic heterocycles. The summed E-state index contributed by atoms with van der Waals surface area (Å²) in [5.74, 6) is 0. The first kappa shape index (κ1) is 11.8. The van der Waals surface area contributed by atoms with Gasteiger partial charge in [0.2, 0.25) is 0 Å². The van der Waals surface area contributed by atoms with E-state index in [0.717, 1.165) is 32.4 Å². The zero-order chi connectivity index (χ0) is 13.4. The van der Waals surface area contributed by atoms with E-state index in [1.54, 1.807) is 6.07 Å². The summed E-state index contributed by atoms with van der Waals surface area (Å²) in [6.45, 7) is 1.64. The smallest absolute Gasteiger partial charge is 0.323 e. The van der Waals surface area contributed by atoms with E-state index >= 15 is 0 Å². The van der Waals surface area contributed by atoms with Crippen LogP contribution >= 0.6 is 0 Å². The molecule has 19 heavy (non-hydrogen) atoms. The van der Waals surface area contributed by atoms with Gasteiger partial charge in [0, 0.05) is 19.2 Å². The molecule has 0 amide bonds. The molecule has 2 N–H and O–H groups in total. The zero-order valence-corrected chi connectivity index (χ0v) is 10.3. The number of H-pyrrole nitrogens is 2. The highest BCUT2D eigenvalue weighted by Crippen LogP contribution is 2.33. The van der Waals surface area contributed by atoms with Crippen molar-refractivity contribution in [1.29, 1.82) is 0 Å². The molecule has 100 valence electrons. The Morgan fingerprint density at radius 3 is 2.37 bits per heavy atom. The standard InChI is InChI=1S/C12H14N4O3/c17-12-13-8-6-10(15-4-2-1-3-5-15)11(16(18)19)7-9(8)14-12/h6-7H,1-5H2,(H2,13,14,17). The Morgan fingerprint density at radius 1 is 1.11 bits per heavy atom. The number of benzene rings is 1. The quantitative estimate of drug-likeness (QED) is 0.636. The van der Waals surface area contributed by atoms with Crippen LogP contribution < -0.4 is 10.6 Å². The summed E-state index contributed by atoms with van der Waals surface area (Å²) in [5.41, 5.74) is 1.37. The molecule has 2 aromatic rings. The van der Waals surface area contributed by atoms with Gasteiger partial charge in [-0.1, -0.05) is 0 Å². The number of aromatic nitrogens is 2. The first-order valence-electron chi connectivity index (χ1n) is 6.30. The van der Waals surface area contributed by atoms with Gasteiger partial charge in [0.05, 0.1) is 16.0 Å². The number of rotatable bonds is 2. The van der Waals surface area contributed by atoms with Crippen molar-refractivity contribution in [2.75, 3.05) is 18.0 Å². The fourth-order valence-corrected chi connectivity index (χ4v) is 2.59. The Bertz CT molecular complexity index is 682. The third-order valence-corrected chi connectivity index (χ3v) is 3.50. The molecule has 0 aliphatic carbocycles. The lowest BCUT2D eigenvalue weighted by molar-refractivity contribution is -0.384. The lowest BCUT2D eigenvalue weighted by Crippen LogP contribution is -2.29. The van der Waals surface area contributed by atoms with Crippen LogP contribution in [0.2, 0.25) is 0 Å². The third kappa shape index (κ3) is 2.07. The van der Waals surface area contributed by atoms with Gasteiger partial charge in [0.25, 0.3) is 5.69 Å². The summed E-state index contributed by atoms with van der Waals surface area (Å²) in [6.07, 6.45) is 3.24. The van der Waals surface area contributed by atoms with Gasteiger partial charge in [0.15, 0.2) is 0 Å². The maximum Gasteiger partial charge on any atom is 0.323 e. The molecule has 1 saturated heterocycles. The van der Waals surface area contributed by atoms with Crippen molar-refractivity contribution < 1.29 is 4.92 Å². The molecule has 7 heteroatoms. The van der Waals surface area contributed by atoms with Crippen LogP contribution in [0.4, 0.5) is 11.4 Å². The van der Waals surface area contributed by atoms with Crippen LogP contribution in [0, 0.1) is 10.1 Å². The normalized spacial score (nSPS) is 15.9. The van der Waals surface area contributed by atoms with Gasteiger partial charge in [-0.05, 0) is 25.3 Å². The summed E-state index contributed by atoms with van der Waals surface area (Å²) in [5, 5.41) is 11.2. The average molecular weight is 262 g/mol. The number of nitrogens with zero attached hydrogens (tertiary/aromatic N) is 2.